The van der Waals surface area contributed by atoms with Gasteiger partial charge in [-0.15, -0.1) is 0 Å². The zero-order valence-corrected chi connectivity index (χ0v) is 7.23. The molecule has 62 valence electrons. The van der Waals surface area contributed by atoms with E-state index in [0.29, 0.717) is 6.42 Å². The van der Waals surface area contributed by atoms with Gasteiger partial charge < -0.3 is 15.7 Å². The minimum absolute atomic E-state index is 0.145. The first-order valence-electron chi connectivity index (χ1n) is 3.60. The summed E-state index contributed by atoms with van der Waals surface area (Å²) < 4.78 is 0. The topological polar surface area (TPSA) is 44.3 Å². The average Bonchev–Trinajstić information content (AvgIpc) is 1.87. The van der Waals surface area contributed by atoms with Gasteiger partial charge in [0.05, 0.1) is 11.8 Å². The molecule has 0 saturated carbocycles. The third kappa shape index (κ3) is 3.15. The lowest BCUT2D eigenvalue weighted by molar-refractivity contribution is 0.131. The molecule has 3 heteroatoms. The monoisotopic (exact) mass is 146 g/mol. The minimum Gasteiger partial charge on any atom is -0.393 e. The van der Waals surface area contributed by atoms with Gasteiger partial charge in [-0.2, -0.15) is 0 Å². The highest BCUT2D eigenvalue weighted by molar-refractivity contribution is 4.78. The molecule has 0 radical (unpaired) electrons. The number of hydrogen-bond acceptors (Lipinski definition) is 3. The van der Waals surface area contributed by atoms with Crippen molar-refractivity contribution in [3.05, 3.63) is 0 Å². The fraction of sp³-hybridized carbons (Fsp3) is 1.00. The Morgan fingerprint density at radius 2 is 1.80 bits per heavy atom. The molecule has 3 nitrogen and oxygen atoms in total. The van der Waals surface area contributed by atoms with Crippen LogP contribution in [0.4, 0.5) is 0 Å². The molecule has 1 atom stereocenters. The Labute approximate surface area is 62.8 Å². The molecule has 0 bridgehead atoms. The number of rotatable bonds is 4. The summed E-state index contributed by atoms with van der Waals surface area (Å²) in [4.78, 5) is 0. The molecule has 0 aromatic rings. The van der Waals surface area contributed by atoms with Crippen LogP contribution in [0, 0.1) is 0 Å². The predicted octanol–water partition coefficient (Wildman–Crippen LogP) is -0.0877. The number of aliphatic hydroxyl groups is 1. The lowest BCUT2D eigenvalue weighted by atomic mass is 10.1. The van der Waals surface area contributed by atoms with Gasteiger partial charge in [-0.25, -0.2) is 0 Å². The highest BCUT2D eigenvalue weighted by Gasteiger charge is 2.20. The van der Waals surface area contributed by atoms with Crippen molar-refractivity contribution < 1.29 is 5.11 Å². The molecule has 0 aliphatic carbocycles. The van der Waals surface area contributed by atoms with Crippen LogP contribution in [0.3, 0.4) is 0 Å². The van der Waals surface area contributed by atoms with Crippen LogP contribution in [0.5, 0.6) is 0 Å². The first-order chi connectivity index (χ1) is 4.54. The molecular formula is C7H18N2O. The maximum atomic E-state index is 9.07. The molecule has 0 aromatic heterocycles. The van der Waals surface area contributed by atoms with Crippen molar-refractivity contribution in [2.75, 3.05) is 14.1 Å². The van der Waals surface area contributed by atoms with Crippen molar-refractivity contribution in [3.8, 4) is 0 Å². The van der Waals surface area contributed by atoms with Crippen LogP contribution in [0.25, 0.3) is 0 Å². The maximum Gasteiger partial charge on any atom is 0.0678 e. The van der Waals surface area contributed by atoms with Crippen molar-refractivity contribution in [1.29, 1.82) is 0 Å². The molecule has 0 amide bonds. The van der Waals surface area contributed by atoms with Crippen molar-refractivity contribution in [3.63, 3.8) is 0 Å². The molecule has 0 rings (SSSR count). The van der Waals surface area contributed by atoms with E-state index < -0.39 is 0 Å². The second-order valence-corrected chi connectivity index (χ2v) is 2.89. The van der Waals surface area contributed by atoms with Gasteiger partial charge in [-0.05, 0) is 27.9 Å². The molecule has 1 unspecified atom stereocenters. The Bertz CT molecular complexity index is 89.6. The van der Waals surface area contributed by atoms with Crippen molar-refractivity contribution >= 4 is 0 Å². The van der Waals surface area contributed by atoms with Gasteiger partial charge in [0.15, 0.2) is 0 Å². The summed E-state index contributed by atoms with van der Waals surface area (Å²) in [5.74, 6) is 0. The molecule has 0 aromatic carbocycles. The molecule has 10 heavy (non-hydrogen) atoms. The Morgan fingerprint density at radius 3 is 1.90 bits per heavy atom. The molecular weight excluding hydrogens is 128 g/mol. The summed E-state index contributed by atoms with van der Waals surface area (Å²) in [6.45, 7) is 3.80. The fourth-order valence-corrected chi connectivity index (χ4v) is 0.920. The van der Waals surface area contributed by atoms with Gasteiger partial charge in [0.25, 0.3) is 0 Å². The predicted molar refractivity (Wildman–Crippen MR) is 42.8 cm³/mol. The molecule has 0 spiro atoms. The summed E-state index contributed by atoms with van der Waals surface area (Å²) in [7, 11) is 3.75. The lowest BCUT2D eigenvalue weighted by Gasteiger charge is -2.29. The van der Waals surface area contributed by atoms with E-state index in [-0.39, 0.29) is 11.8 Å². The van der Waals surface area contributed by atoms with Gasteiger partial charge in [0.1, 0.15) is 0 Å². The standard InChI is InChI=1S/C7H18N2O/c1-6(10)5-7(2,8-3)9-4/h6,8-10H,5H2,1-4H3. The Balaban J connectivity index is 3.80. The molecule has 0 aliphatic rings. The maximum absolute atomic E-state index is 9.07. The molecule has 0 heterocycles. The lowest BCUT2D eigenvalue weighted by Crippen LogP contribution is -2.52. The van der Waals surface area contributed by atoms with E-state index >= 15 is 0 Å². The van der Waals surface area contributed by atoms with E-state index in [1.54, 1.807) is 6.92 Å². The number of aliphatic hydroxyl groups excluding tert-OH is 1. The summed E-state index contributed by atoms with van der Waals surface area (Å²) in [6.07, 6.45) is 0.435. The van der Waals surface area contributed by atoms with Crippen molar-refractivity contribution in [1.82, 2.24) is 10.6 Å². The third-order valence-electron chi connectivity index (χ3n) is 1.81. The van der Waals surface area contributed by atoms with Crippen LogP contribution >= 0.6 is 0 Å². The normalized spacial score (nSPS) is 15.3. The van der Waals surface area contributed by atoms with Gasteiger partial charge in [0.2, 0.25) is 0 Å². The zero-order chi connectivity index (χ0) is 8.20. The summed E-state index contributed by atoms with van der Waals surface area (Å²) in [5, 5.41) is 15.2. The third-order valence-corrected chi connectivity index (χ3v) is 1.81. The molecule has 0 fully saturated rings. The average molecular weight is 146 g/mol. The number of nitrogens with one attached hydrogen (secondary N) is 2. The quantitative estimate of drug-likeness (QED) is 0.486. The summed E-state index contributed by atoms with van der Waals surface area (Å²) in [5.41, 5.74) is -0.145. The van der Waals surface area contributed by atoms with Crippen LogP contribution in [-0.4, -0.2) is 31.0 Å². The largest absolute Gasteiger partial charge is 0.393 e. The molecule has 0 saturated heterocycles. The molecule has 3 N–H and O–H groups in total. The van der Waals surface area contributed by atoms with Crippen LogP contribution in [0.2, 0.25) is 0 Å². The number of hydrogen-bond donors (Lipinski definition) is 3. The van der Waals surface area contributed by atoms with E-state index in [1.165, 1.54) is 0 Å². The highest BCUT2D eigenvalue weighted by atomic mass is 16.3. The van der Waals surface area contributed by atoms with Gasteiger partial charge in [-0.1, -0.05) is 0 Å². The second kappa shape index (κ2) is 3.91. The van der Waals surface area contributed by atoms with Crippen LogP contribution in [-0.2, 0) is 0 Å². The van der Waals surface area contributed by atoms with E-state index in [2.05, 4.69) is 10.6 Å². The highest BCUT2D eigenvalue weighted by Crippen LogP contribution is 2.06. The SMILES string of the molecule is CNC(C)(CC(C)O)NC. The Kier molecular flexibility index (Phi) is 3.86. The Morgan fingerprint density at radius 1 is 1.40 bits per heavy atom. The van der Waals surface area contributed by atoms with Gasteiger partial charge in [0, 0.05) is 6.42 Å². The van der Waals surface area contributed by atoms with Crippen LogP contribution in [0.15, 0.2) is 0 Å². The second-order valence-electron chi connectivity index (χ2n) is 2.89. The van der Waals surface area contributed by atoms with E-state index in [0.717, 1.165) is 0 Å². The first-order valence-corrected chi connectivity index (χ1v) is 3.60. The Hall–Kier alpha value is -0.120. The van der Waals surface area contributed by atoms with Crippen molar-refractivity contribution in [2.24, 2.45) is 0 Å². The van der Waals surface area contributed by atoms with E-state index in [1.807, 2.05) is 21.0 Å². The van der Waals surface area contributed by atoms with Crippen LogP contribution in [0.1, 0.15) is 20.3 Å². The summed E-state index contributed by atoms with van der Waals surface area (Å²) >= 11 is 0. The zero-order valence-electron chi connectivity index (χ0n) is 7.23. The van der Waals surface area contributed by atoms with Gasteiger partial charge >= 0.3 is 0 Å². The van der Waals surface area contributed by atoms with Crippen molar-refractivity contribution in [2.45, 2.75) is 32.0 Å². The van der Waals surface area contributed by atoms with Gasteiger partial charge in [-0.3, -0.25) is 0 Å². The van der Waals surface area contributed by atoms with E-state index in [9.17, 15) is 0 Å². The van der Waals surface area contributed by atoms with Crippen LogP contribution < -0.4 is 10.6 Å². The van der Waals surface area contributed by atoms with E-state index in [4.69, 9.17) is 5.11 Å². The minimum atomic E-state index is -0.273. The summed E-state index contributed by atoms with van der Waals surface area (Å²) in [6, 6.07) is 0. The fourth-order valence-electron chi connectivity index (χ4n) is 0.920. The molecule has 0 aliphatic heterocycles. The smallest absolute Gasteiger partial charge is 0.0678 e. The first kappa shape index (κ1) is 9.88.